The lowest BCUT2D eigenvalue weighted by molar-refractivity contribution is 0.892. The van der Waals surface area contributed by atoms with E-state index >= 15 is 0 Å². The summed E-state index contributed by atoms with van der Waals surface area (Å²) in [6.45, 7) is 8.79. The highest BCUT2D eigenvalue weighted by atomic mass is 14.8. The lowest BCUT2D eigenvalue weighted by Gasteiger charge is -1.92. The molecule has 0 N–H and O–H groups in total. The van der Waals surface area contributed by atoms with Crippen molar-refractivity contribution >= 4 is 13.4 Å². The Balaban J connectivity index is 3.80. The average Bonchev–Trinajstić information content (AvgIpc) is 1.88. The van der Waals surface area contributed by atoms with Gasteiger partial charge in [-0.25, -0.2) is 0 Å². The molecule has 0 aromatic carbocycles. The van der Waals surface area contributed by atoms with Crippen LogP contribution in [0.1, 0.15) is 19.8 Å². The summed E-state index contributed by atoms with van der Waals surface area (Å²) in [6, 6.07) is 0. The Morgan fingerprint density at radius 1 is 1.56 bits per heavy atom. The zero-order chi connectivity index (χ0) is 7.11. The third-order valence-electron chi connectivity index (χ3n) is 0.950. The van der Waals surface area contributed by atoms with E-state index < -0.39 is 0 Å². The molecule has 0 heterocycles. The lowest BCUT2D eigenvalue weighted by atomic mass is 10.3. The molecule has 0 unspecified atom stereocenters. The first-order chi connectivity index (χ1) is 4.35. The molecule has 2 heteroatoms. The summed E-state index contributed by atoms with van der Waals surface area (Å²) in [5, 5.41) is 0. The number of hydrogen-bond donors (Lipinski definition) is 0. The molecular weight excluding hydrogens is 112 g/mol. The highest BCUT2D eigenvalue weighted by Crippen LogP contribution is 2.04. The van der Waals surface area contributed by atoms with Crippen molar-refractivity contribution in [2.24, 2.45) is 9.98 Å². The molecule has 2 nitrogen and oxygen atoms in total. The predicted molar refractivity (Wildman–Crippen MR) is 42.1 cm³/mol. The number of nitrogens with zero attached hydrogens (tertiary/aromatic N) is 2. The van der Waals surface area contributed by atoms with Crippen LogP contribution in [0, 0.1) is 0 Å². The van der Waals surface area contributed by atoms with Gasteiger partial charge in [0, 0.05) is 6.20 Å². The van der Waals surface area contributed by atoms with Gasteiger partial charge in [-0.1, -0.05) is 13.3 Å². The van der Waals surface area contributed by atoms with Crippen molar-refractivity contribution in [3.8, 4) is 0 Å². The third kappa shape index (κ3) is 3.64. The summed E-state index contributed by atoms with van der Waals surface area (Å²) >= 11 is 0. The van der Waals surface area contributed by atoms with Crippen LogP contribution in [0.15, 0.2) is 21.9 Å². The molecule has 0 fully saturated rings. The molecule has 0 saturated carbocycles. The molecule has 9 heavy (non-hydrogen) atoms. The second-order valence-corrected chi connectivity index (χ2v) is 1.71. The fourth-order valence-corrected chi connectivity index (χ4v) is 0.546. The number of allylic oxidation sites excluding steroid dienone is 1. The van der Waals surface area contributed by atoms with E-state index in [-0.39, 0.29) is 0 Å². The maximum Gasteiger partial charge on any atom is 0.0578 e. The first-order valence-corrected chi connectivity index (χ1v) is 2.96. The third-order valence-corrected chi connectivity index (χ3v) is 0.950. The Hall–Kier alpha value is -0.920. The second-order valence-electron chi connectivity index (χ2n) is 1.71. The van der Waals surface area contributed by atoms with Crippen LogP contribution in [0.3, 0.4) is 0 Å². The largest absolute Gasteiger partial charge is 0.271 e. The summed E-state index contributed by atoms with van der Waals surface area (Å²) in [7, 11) is 0. The van der Waals surface area contributed by atoms with E-state index in [2.05, 4.69) is 30.3 Å². The van der Waals surface area contributed by atoms with E-state index in [0.717, 1.165) is 18.5 Å². The van der Waals surface area contributed by atoms with Gasteiger partial charge in [-0.2, -0.15) is 0 Å². The van der Waals surface area contributed by atoms with E-state index in [1.54, 1.807) is 6.20 Å². The van der Waals surface area contributed by atoms with E-state index in [4.69, 9.17) is 0 Å². The average molecular weight is 124 g/mol. The van der Waals surface area contributed by atoms with Gasteiger partial charge < -0.3 is 0 Å². The summed E-state index contributed by atoms with van der Waals surface area (Å²) in [5.74, 6) is 0. The Bertz CT molecular complexity index is 125. The summed E-state index contributed by atoms with van der Waals surface area (Å²) in [6.07, 6.45) is 3.64. The maximum atomic E-state index is 3.74. The first kappa shape index (κ1) is 8.08. The van der Waals surface area contributed by atoms with Crippen LogP contribution in [0.5, 0.6) is 0 Å². The maximum absolute atomic E-state index is 3.74. The quantitative estimate of drug-likeness (QED) is 0.512. The molecular formula is C7H12N2. The van der Waals surface area contributed by atoms with Crippen LogP contribution < -0.4 is 0 Å². The van der Waals surface area contributed by atoms with Crippen molar-refractivity contribution in [1.29, 1.82) is 0 Å². The molecule has 0 rings (SSSR count). The van der Waals surface area contributed by atoms with E-state index in [9.17, 15) is 0 Å². The van der Waals surface area contributed by atoms with Crippen LogP contribution >= 0.6 is 0 Å². The standard InChI is InChI=1S/C7H12N2/c1-4-5-7(9-3)6-8-2/h6H,2-5H2,1H3/b7-6-. The molecule has 0 bridgehead atoms. The molecule has 0 spiro atoms. The summed E-state index contributed by atoms with van der Waals surface area (Å²) in [4.78, 5) is 7.32. The lowest BCUT2D eigenvalue weighted by Crippen LogP contribution is -1.74. The zero-order valence-corrected chi connectivity index (χ0v) is 5.80. The number of aliphatic imine (C=N–C) groups is 2. The molecule has 0 saturated heterocycles. The van der Waals surface area contributed by atoms with Gasteiger partial charge in [0.2, 0.25) is 0 Å². The van der Waals surface area contributed by atoms with Crippen LogP contribution in [0.4, 0.5) is 0 Å². The van der Waals surface area contributed by atoms with Crippen LogP contribution in [0.25, 0.3) is 0 Å². The molecule has 0 aliphatic rings. The van der Waals surface area contributed by atoms with Gasteiger partial charge in [0.15, 0.2) is 0 Å². The van der Waals surface area contributed by atoms with Crippen molar-refractivity contribution in [3.05, 3.63) is 11.9 Å². The number of rotatable bonds is 4. The van der Waals surface area contributed by atoms with E-state index in [1.807, 2.05) is 0 Å². The molecule has 0 aromatic heterocycles. The van der Waals surface area contributed by atoms with Gasteiger partial charge in [-0.3, -0.25) is 9.98 Å². The first-order valence-electron chi connectivity index (χ1n) is 2.96. The fourth-order valence-electron chi connectivity index (χ4n) is 0.546. The fraction of sp³-hybridized carbons (Fsp3) is 0.429. The van der Waals surface area contributed by atoms with Crippen molar-refractivity contribution in [2.75, 3.05) is 0 Å². The van der Waals surface area contributed by atoms with Gasteiger partial charge in [0.1, 0.15) is 0 Å². The van der Waals surface area contributed by atoms with Crippen LogP contribution in [-0.2, 0) is 0 Å². The molecule has 0 aliphatic heterocycles. The highest BCUT2D eigenvalue weighted by molar-refractivity contribution is 5.31. The van der Waals surface area contributed by atoms with Crippen LogP contribution in [0.2, 0.25) is 0 Å². The van der Waals surface area contributed by atoms with Crippen molar-refractivity contribution in [3.63, 3.8) is 0 Å². The highest BCUT2D eigenvalue weighted by Gasteiger charge is 1.86. The monoisotopic (exact) mass is 124 g/mol. The SMILES string of the molecule is C=N/C=C(/CCC)N=C. The summed E-state index contributed by atoms with van der Waals surface area (Å²) in [5.41, 5.74) is 0.910. The zero-order valence-electron chi connectivity index (χ0n) is 5.80. The van der Waals surface area contributed by atoms with Gasteiger partial charge in [0.25, 0.3) is 0 Å². The molecule has 0 radical (unpaired) electrons. The van der Waals surface area contributed by atoms with Crippen LogP contribution in [-0.4, -0.2) is 13.4 Å². The Labute approximate surface area is 56.0 Å². The number of hydrogen-bond acceptors (Lipinski definition) is 2. The summed E-state index contributed by atoms with van der Waals surface area (Å²) < 4.78 is 0. The van der Waals surface area contributed by atoms with Gasteiger partial charge in [-0.15, -0.1) is 0 Å². The van der Waals surface area contributed by atoms with Crippen molar-refractivity contribution in [1.82, 2.24) is 0 Å². The van der Waals surface area contributed by atoms with E-state index in [1.165, 1.54) is 0 Å². The molecule has 0 atom stereocenters. The Morgan fingerprint density at radius 3 is 2.56 bits per heavy atom. The van der Waals surface area contributed by atoms with Gasteiger partial charge in [0.05, 0.1) is 5.70 Å². The molecule has 0 aliphatic carbocycles. The molecule has 50 valence electrons. The van der Waals surface area contributed by atoms with Gasteiger partial charge >= 0.3 is 0 Å². The predicted octanol–water partition coefficient (Wildman–Crippen LogP) is 2.03. The minimum atomic E-state index is 0.910. The minimum Gasteiger partial charge on any atom is -0.271 e. The molecule has 0 amide bonds. The second kappa shape index (κ2) is 5.22. The Morgan fingerprint density at radius 2 is 2.22 bits per heavy atom. The topological polar surface area (TPSA) is 24.7 Å². The van der Waals surface area contributed by atoms with Crippen molar-refractivity contribution in [2.45, 2.75) is 19.8 Å². The Kier molecular flexibility index (Phi) is 4.69. The van der Waals surface area contributed by atoms with Gasteiger partial charge in [-0.05, 0) is 19.9 Å². The van der Waals surface area contributed by atoms with Crippen molar-refractivity contribution < 1.29 is 0 Å². The molecule has 0 aromatic rings. The normalized spacial score (nSPS) is 11.0. The smallest absolute Gasteiger partial charge is 0.0578 e. The van der Waals surface area contributed by atoms with E-state index in [0.29, 0.717) is 0 Å². The minimum absolute atomic E-state index is 0.910.